The molecule has 0 amide bonds. The van der Waals surface area contributed by atoms with Crippen LogP contribution < -0.4 is 5.73 Å². The summed E-state index contributed by atoms with van der Waals surface area (Å²) in [6, 6.07) is 1.62. The first kappa shape index (κ1) is 15.5. The summed E-state index contributed by atoms with van der Waals surface area (Å²) in [7, 11) is 0. The van der Waals surface area contributed by atoms with Crippen molar-refractivity contribution in [2.24, 2.45) is 5.73 Å². The van der Waals surface area contributed by atoms with Crippen LogP contribution in [0.2, 0.25) is 0 Å². The third-order valence-electron chi connectivity index (χ3n) is 2.11. The van der Waals surface area contributed by atoms with Crippen molar-refractivity contribution in [3.8, 4) is 18.4 Å². The number of terminal acetylenes is 1. The molecule has 4 heteroatoms. The summed E-state index contributed by atoms with van der Waals surface area (Å²) >= 11 is 3.62. The van der Waals surface area contributed by atoms with Gasteiger partial charge in [-0.05, 0) is 37.4 Å². The first-order valence-corrected chi connectivity index (χ1v) is 5.44. The van der Waals surface area contributed by atoms with Gasteiger partial charge in [-0.15, -0.1) is 6.42 Å². The van der Waals surface area contributed by atoms with E-state index in [4.69, 9.17) is 17.4 Å². The number of thiol groups is 1. The van der Waals surface area contributed by atoms with Gasteiger partial charge in [-0.3, -0.25) is 0 Å². The third-order valence-corrected chi connectivity index (χ3v) is 2.26. The monoisotopic (exact) mass is 248 g/mol. The lowest BCUT2D eigenvalue weighted by Gasteiger charge is -2.09. The highest BCUT2D eigenvalue weighted by Crippen LogP contribution is 2.11. The van der Waals surface area contributed by atoms with Crippen LogP contribution in [0.15, 0.2) is 36.0 Å². The number of nitrogens with zero attached hydrogens (tertiary/aromatic N) is 1. The molecule has 0 radical (unpaired) electrons. The highest BCUT2D eigenvalue weighted by molar-refractivity contribution is 7.75. The molecule has 0 rings (SSSR count). The Morgan fingerprint density at radius 3 is 2.88 bits per heavy atom. The summed E-state index contributed by atoms with van der Waals surface area (Å²) in [6.07, 6.45) is 11.9. The zero-order valence-corrected chi connectivity index (χ0v) is 10.5. The van der Waals surface area contributed by atoms with E-state index >= 15 is 0 Å². The molecule has 0 aliphatic rings. The zero-order chi connectivity index (χ0) is 13.1. The third kappa shape index (κ3) is 7.43. The van der Waals surface area contributed by atoms with Gasteiger partial charge in [0.05, 0.1) is 12.7 Å². The molecule has 90 valence electrons. The molecule has 0 aliphatic heterocycles. The number of hydrogen-bond acceptors (Lipinski definition) is 4. The Kier molecular flexibility index (Phi) is 8.91. The van der Waals surface area contributed by atoms with E-state index in [1.165, 1.54) is 0 Å². The second-order valence-corrected chi connectivity index (χ2v) is 3.62. The molecule has 0 fully saturated rings. The fourth-order valence-corrected chi connectivity index (χ4v) is 1.22. The molecule has 1 atom stereocenters. The Labute approximate surface area is 108 Å². The fraction of sp³-hybridized carbons (Fsp3) is 0.308. The van der Waals surface area contributed by atoms with E-state index in [1.807, 2.05) is 12.1 Å². The molecular weight excluding hydrogens is 232 g/mol. The van der Waals surface area contributed by atoms with Gasteiger partial charge in [0.1, 0.15) is 0 Å². The van der Waals surface area contributed by atoms with Gasteiger partial charge >= 0.3 is 0 Å². The van der Waals surface area contributed by atoms with Crippen LogP contribution in [-0.2, 0) is 4.18 Å². The predicted octanol–water partition coefficient (Wildman–Crippen LogP) is 2.15. The van der Waals surface area contributed by atoms with Crippen molar-refractivity contribution in [2.75, 3.05) is 6.61 Å². The summed E-state index contributed by atoms with van der Waals surface area (Å²) in [5, 5.41) is 8.63. The van der Waals surface area contributed by atoms with Gasteiger partial charge in [0.25, 0.3) is 0 Å². The minimum Gasteiger partial charge on any atom is -0.323 e. The molecule has 0 aliphatic carbocycles. The van der Waals surface area contributed by atoms with E-state index in [2.05, 4.69) is 29.6 Å². The average Bonchev–Trinajstić information content (AvgIpc) is 2.34. The minimum absolute atomic E-state index is 0.323. The van der Waals surface area contributed by atoms with Crippen molar-refractivity contribution in [3.05, 3.63) is 36.0 Å². The zero-order valence-electron chi connectivity index (χ0n) is 9.60. The number of rotatable bonds is 7. The smallest absolute Gasteiger partial charge is 0.0957 e. The topological polar surface area (TPSA) is 59.0 Å². The quantitative estimate of drug-likeness (QED) is 0.239. The minimum atomic E-state index is -0.323. The first-order valence-electron chi connectivity index (χ1n) is 5.08. The van der Waals surface area contributed by atoms with Crippen molar-refractivity contribution < 1.29 is 4.18 Å². The first-order chi connectivity index (χ1) is 8.15. The van der Waals surface area contributed by atoms with Gasteiger partial charge in [0.2, 0.25) is 0 Å². The highest BCUT2D eigenvalue weighted by atomic mass is 32.1. The summed E-state index contributed by atoms with van der Waals surface area (Å²) in [4.78, 5) is 0. The molecule has 3 nitrogen and oxygen atoms in total. The van der Waals surface area contributed by atoms with Crippen LogP contribution in [-0.4, -0.2) is 12.6 Å². The lowest BCUT2D eigenvalue weighted by Crippen LogP contribution is -2.21. The number of nitrogens with two attached hydrogens (primary N) is 1. The van der Waals surface area contributed by atoms with Crippen LogP contribution in [0.3, 0.4) is 0 Å². The number of hydrogen-bond donors (Lipinski definition) is 2. The molecule has 0 aromatic rings. The molecule has 0 aromatic carbocycles. The van der Waals surface area contributed by atoms with Gasteiger partial charge < -0.3 is 9.92 Å². The lowest BCUT2D eigenvalue weighted by atomic mass is 10.0. The Hall–Kier alpha value is -1.46. The Balaban J connectivity index is 4.31. The molecule has 0 saturated heterocycles. The van der Waals surface area contributed by atoms with Crippen molar-refractivity contribution in [2.45, 2.75) is 18.9 Å². The van der Waals surface area contributed by atoms with Gasteiger partial charge in [-0.1, -0.05) is 24.7 Å². The summed E-state index contributed by atoms with van der Waals surface area (Å²) in [5.41, 5.74) is 7.10. The van der Waals surface area contributed by atoms with Crippen LogP contribution in [0.1, 0.15) is 12.8 Å². The van der Waals surface area contributed by atoms with Gasteiger partial charge in [-0.2, -0.15) is 5.26 Å². The Morgan fingerprint density at radius 2 is 2.35 bits per heavy atom. The van der Waals surface area contributed by atoms with E-state index in [0.717, 1.165) is 5.57 Å². The maximum absolute atomic E-state index is 8.63. The van der Waals surface area contributed by atoms with Crippen LogP contribution in [0.5, 0.6) is 0 Å². The molecule has 17 heavy (non-hydrogen) atoms. The van der Waals surface area contributed by atoms with E-state index in [1.54, 1.807) is 12.2 Å². The Morgan fingerprint density at radius 1 is 1.65 bits per heavy atom. The molecule has 0 saturated carbocycles. The molecule has 0 bridgehead atoms. The SMILES string of the molecule is C#C/C=C(\C=C/COS)CCC(N)C(=C)C#N. The summed E-state index contributed by atoms with van der Waals surface area (Å²) in [6.45, 7) is 3.98. The average molecular weight is 248 g/mol. The van der Waals surface area contributed by atoms with Crippen LogP contribution in [0, 0.1) is 23.7 Å². The number of allylic oxidation sites excluding steroid dienone is 3. The van der Waals surface area contributed by atoms with Gasteiger partial charge in [0, 0.05) is 11.6 Å². The fourth-order valence-electron chi connectivity index (χ4n) is 1.13. The largest absolute Gasteiger partial charge is 0.323 e. The second-order valence-electron chi connectivity index (χ2n) is 3.37. The molecular formula is C13H16N2OS. The van der Waals surface area contributed by atoms with Crippen molar-refractivity contribution in [1.82, 2.24) is 0 Å². The van der Waals surface area contributed by atoms with E-state index in [-0.39, 0.29) is 6.04 Å². The van der Waals surface area contributed by atoms with Gasteiger partial charge in [0.15, 0.2) is 0 Å². The molecule has 1 unspecified atom stereocenters. The summed E-state index contributed by atoms with van der Waals surface area (Å²) in [5.74, 6) is 2.46. The van der Waals surface area contributed by atoms with E-state index < -0.39 is 0 Å². The maximum Gasteiger partial charge on any atom is 0.0957 e. The van der Waals surface area contributed by atoms with Crippen LogP contribution in [0.25, 0.3) is 0 Å². The van der Waals surface area contributed by atoms with Crippen LogP contribution in [0.4, 0.5) is 0 Å². The van der Waals surface area contributed by atoms with Crippen molar-refractivity contribution in [3.63, 3.8) is 0 Å². The van der Waals surface area contributed by atoms with Crippen molar-refractivity contribution >= 4 is 12.9 Å². The van der Waals surface area contributed by atoms with E-state index in [9.17, 15) is 0 Å². The molecule has 0 heterocycles. The molecule has 0 aromatic heterocycles. The van der Waals surface area contributed by atoms with Crippen LogP contribution >= 0.6 is 12.9 Å². The Bertz CT molecular complexity index is 385. The molecule has 2 N–H and O–H groups in total. The normalized spacial score (nSPS) is 13.1. The van der Waals surface area contributed by atoms with E-state index in [0.29, 0.717) is 25.0 Å². The predicted molar refractivity (Wildman–Crippen MR) is 73.0 cm³/mol. The molecule has 0 spiro atoms. The lowest BCUT2D eigenvalue weighted by molar-refractivity contribution is 0.438. The highest BCUT2D eigenvalue weighted by Gasteiger charge is 2.06. The summed E-state index contributed by atoms with van der Waals surface area (Å²) < 4.78 is 4.60. The standard InChI is InChI=1S/C13H16N2OS/c1-3-5-12(6-4-9-16-17)7-8-13(15)11(2)10-14/h1,4-6,13,17H,2,7-9,15H2/b6-4-,12-5+. The maximum atomic E-state index is 8.63. The van der Waals surface area contributed by atoms with Crippen molar-refractivity contribution in [1.29, 1.82) is 5.26 Å². The van der Waals surface area contributed by atoms with Gasteiger partial charge in [-0.25, -0.2) is 0 Å². The number of nitriles is 1. The second kappa shape index (κ2) is 9.74.